The van der Waals surface area contributed by atoms with E-state index in [1.807, 2.05) is 40.8 Å². The van der Waals surface area contributed by atoms with Gasteiger partial charge in [0.25, 0.3) is 0 Å². The normalized spacial score (nSPS) is 12.0. The lowest BCUT2D eigenvalue weighted by Crippen LogP contribution is -2.42. The van der Waals surface area contributed by atoms with Gasteiger partial charge < -0.3 is 20.7 Å². The number of nitrogens with one attached hydrogen (secondary N) is 3. The lowest BCUT2D eigenvalue weighted by atomic mass is 10.2. The van der Waals surface area contributed by atoms with Gasteiger partial charge in [0.15, 0.2) is 5.96 Å². The van der Waals surface area contributed by atoms with Crippen molar-refractivity contribution in [2.24, 2.45) is 12.0 Å². The smallest absolute Gasteiger partial charge is 0.407 e. The maximum Gasteiger partial charge on any atom is 0.407 e. The van der Waals surface area contributed by atoms with Crippen LogP contribution in [0.4, 0.5) is 4.79 Å². The van der Waals surface area contributed by atoms with Crippen molar-refractivity contribution in [1.29, 1.82) is 0 Å². The minimum Gasteiger partial charge on any atom is -0.444 e. The lowest BCUT2D eigenvalue weighted by Gasteiger charge is -2.19. The van der Waals surface area contributed by atoms with Gasteiger partial charge in [0.05, 0.1) is 12.2 Å². The molecule has 0 radical (unpaired) electrons. The summed E-state index contributed by atoms with van der Waals surface area (Å²) in [5.74, 6) is 0.694. The summed E-state index contributed by atoms with van der Waals surface area (Å²) >= 11 is 0. The molecule has 130 valence electrons. The fourth-order valence-corrected chi connectivity index (χ4v) is 1.72. The number of nitrogens with zero attached hydrogens (tertiary/aromatic N) is 3. The Morgan fingerprint density at radius 2 is 2.00 bits per heavy atom. The average Bonchev–Trinajstić information content (AvgIpc) is 2.84. The van der Waals surface area contributed by atoms with Crippen molar-refractivity contribution in [2.45, 2.75) is 39.8 Å². The van der Waals surface area contributed by atoms with Gasteiger partial charge in [-0.3, -0.25) is 4.68 Å². The first-order valence-electron chi connectivity index (χ1n) is 7.77. The summed E-state index contributed by atoms with van der Waals surface area (Å²) in [6, 6.07) is 1.93. The Bertz CT molecular complexity index is 518. The van der Waals surface area contributed by atoms with Crippen LogP contribution in [0, 0.1) is 0 Å². The van der Waals surface area contributed by atoms with Gasteiger partial charge in [0, 0.05) is 32.9 Å². The molecule has 3 N–H and O–H groups in total. The number of ether oxygens (including phenoxy) is 1. The van der Waals surface area contributed by atoms with Crippen LogP contribution in [0.5, 0.6) is 0 Å². The fraction of sp³-hybridized carbons (Fsp3) is 0.667. The molecule has 0 unspecified atom stereocenters. The molecule has 1 amide bonds. The van der Waals surface area contributed by atoms with Crippen molar-refractivity contribution in [3.63, 3.8) is 0 Å². The molecule has 1 heterocycles. The van der Waals surface area contributed by atoms with Crippen molar-refractivity contribution in [3.05, 3.63) is 18.0 Å². The highest BCUT2D eigenvalue weighted by atomic mass is 16.6. The van der Waals surface area contributed by atoms with Crippen molar-refractivity contribution in [1.82, 2.24) is 25.7 Å². The number of guanidine groups is 1. The Morgan fingerprint density at radius 3 is 2.57 bits per heavy atom. The average molecular weight is 324 g/mol. The van der Waals surface area contributed by atoms with Gasteiger partial charge in [0.2, 0.25) is 0 Å². The largest absolute Gasteiger partial charge is 0.444 e. The Balaban J connectivity index is 2.36. The number of hydrogen-bond donors (Lipinski definition) is 3. The van der Waals surface area contributed by atoms with Crippen molar-refractivity contribution < 1.29 is 9.53 Å². The lowest BCUT2D eigenvalue weighted by molar-refractivity contribution is 0.0529. The van der Waals surface area contributed by atoms with Gasteiger partial charge in [-0.05, 0) is 33.8 Å². The molecular formula is C15H28N6O2. The standard InChI is InChI=1S/C15H28N6O2/c1-6-16-13(19-11-12-7-8-20-21(12)5)17-9-10-18-14(22)23-15(2,3)4/h7-8H,6,9-11H2,1-5H3,(H,18,22)(H2,16,17,19). The number of carbonyl (C=O) groups excluding carboxylic acids is 1. The van der Waals surface area contributed by atoms with Gasteiger partial charge in [-0.1, -0.05) is 0 Å². The predicted molar refractivity (Wildman–Crippen MR) is 90.3 cm³/mol. The molecule has 0 aliphatic carbocycles. The van der Waals surface area contributed by atoms with E-state index in [1.165, 1.54) is 0 Å². The van der Waals surface area contributed by atoms with Crippen LogP contribution in [0.3, 0.4) is 0 Å². The number of alkyl carbamates (subject to hydrolysis) is 1. The number of rotatable bonds is 6. The van der Waals surface area contributed by atoms with E-state index in [1.54, 1.807) is 10.9 Å². The SMILES string of the molecule is CCNC(=NCc1ccnn1C)NCCNC(=O)OC(C)(C)C. The number of aryl methyl sites for hydroxylation is 1. The Hall–Kier alpha value is -2.25. The van der Waals surface area contributed by atoms with Gasteiger partial charge in [0.1, 0.15) is 5.60 Å². The first kappa shape index (κ1) is 18.8. The zero-order chi connectivity index (χ0) is 17.3. The third kappa shape index (κ3) is 8.08. The van der Waals surface area contributed by atoms with Gasteiger partial charge in [-0.15, -0.1) is 0 Å². The molecule has 8 nitrogen and oxygen atoms in total. The second-order valence-corrected chi connectivity index (χ2v) is 6.00. The highest BCUT2D eigenvalue weighted by Gasteiger charge is 2.15. The van der Waals surface area contributed by atoms with Gasteiger partial charge in [-0.2, -0.15) is 5.10 Å². The van der Waals surface area contributed by atoms with Crippen LogP contribution < -0.4 is 16.0 Å². The summed E-state index contributed by atoms with van der Waals surface area (Å²) in [5.41, 5.74) is 0.533. The van der Waals surface area contributed by atoms with E-state index in [9.17, 15) is 4.79 Å². The second kappa shape index (κ2) is 9.02. The molecule has 0 bridgehead atoms. The molecule has 1 aromatic rings. The first-order valence-corrected chi connectivity index (χ1v) is 7.77. The molecule has 0 fully saturated rings. The summed E-state index contributed by atoms with van der Waals surface area (Å²) in [5, 5.41) is 13.1. The van der Waals surface area contributed by atoms with E-state index in [4.69, 9.17) is 4.74 Å². The summed E-state index contributed by atoms with van der Waals surface area (Å²) in [6.07, 6.45) is 1.33. The van der Waals surface area contributed by atoms with Crippen LogP contribution in [-0.2, 0) is 18.3 Å². The molecule has 1 aromatic heterocycles. The molecule has 1 rings (SSSR count). The van der Waals surface area contributed by atoms with Crippen molar-refractivity contribution >= 4 is 12.1 Å². The van der Waals surface area contributed by atoms with Crippen molar-refractivity contribution in [3.8, 4) is 0 Å². The summed E-state index contributed by atoms with van der Waals surface area (Å²) in [6.45, 7) is 9.79. The van der Waals surface area contributed by atoms with Gasteiger partial charge in [-0.25, -0.2) is 9.79 Å². The number of carbonyl (C=O) groups is 1. The number of aliphatic imine (C=N–C) groups is 1. The van der Waals surface area contributed by atoms with Gasteiger partial charge >= 0.3 is 6.09 Å². The third-order valence-corrected chi connectivity index (χ3v) is 2.75. The number of amides is 1. The van der Waals surface area contributed by atoms with E-state index in [-0.39, 0.29) is 0 Å². The maximum absolute atomic E-state index is 11.5. The zero-order valence-electron chi connectivity index (χ0n) is 14.6. The van der Waals surface area contributed by atoms with Crippen molar-refractivity contribution in [2.75, 3.05) is 19.6 Å². The molecule has 0 aliphatic heterocycles. The molecule has 0 spiro atoms. The fourth-order valence-electron chi connectivity index (χ4n) is 1.72. The van der Waals surface area contributed by atoms with E-state index >= 15 is 0 Å². The minimum absolute atomic E-state index is 0.420. The molecular weight excluding hydrogens is 296 g/mol. The van der Waals surface area contributed by atoms with E-state index < -0.39 is 11.7 Å². The van der Waals surface area contributed by atoms with Crippen LogP contribution in [-0.4, -0.2) is 47.1 Å². The monoisotopic (exact) mass is 324 g/mol. The predicted octanol–water partition coefficient (Wildman–Crippen LogP) is 1.000. The Morgan fingerprint density at radius 1 is 1.30 bits per heavy atom. The first-order chi connectivity index (χ1) is 10.8. The third-order valence-electron chi connectivity index (χ3n) is 2.75. The van der Waals surface area contributed by atoms with Crippen LogP contribution in [0.2, 0.25) is 0 Å². The number of aromatic nitrogens is 2. The molecule has 0 atom stereocenters. The highest BCUT2D eigenvalue weighted by molar-refractivity contribution is 5.79. The van der Waals surface area contributed by atoms with Crippen LogP contribution in [0.25, 0.3) is 0 Å². The molecule has 0 aliphatic rings. The highest BCUT2D eigenvalue weighted by Crippen LogP contribution is 2.05. The molecule has 0 aromatic carbocycles. The quantitative estimate of drug-likeness (QED) is 0.412. The number of hydrogen-bond acceptors (Lipinski definition) is 4. The van der Waals surface area contributed by atoms with Crippen LogP contribution >= 0.6 is 0 Å². The molecule has 0 saturated heterocycles. The Labute approximate surface area is 137 Å². The molecule has 0 saturated carbocycles. The topological polar surface area (TPSA) is 92.6 Å². The van der Waals surface area contributed by atoms with Crippen LogP contribution in [0.1, 0.15) is 33.4 Å². The second-order valence-electron chi connectivity index (χ2n) is 6.00. The van der Waals surface area contributed by atoms with E-state index in [0.717, 1.165) is 12.2 Å². The van der Waals surface area contributed by atoms with E-state index in [0.29, 0.717) is 25.6 Å². The van der Waals surface area contributed by atoms with Crippen LogP contribution in [0.15, 0.2) is 17.3 Å². The molecule has 23 heavy (non-hydrogen) atoms. The molecule has 8 heteroatoms. The zero-order valence-corrected chi connectivity index (χ0v) is 14.6. The summed E-state index contributed by atoms with van der Waals surface area (Å²) < 4.78 is 6.96. The maximum atomic E-state index is 11.5. The van der Waals surface area contributed by atoms with E-state index in [2.05, 4.69) is 26.0 Å². The Kier molecular flexibility index (Phi) is 7.37. The minimum atomic E-state index is -0.489. The summed E-state index contributed by atoms with van der Waals surface area (Å²) in [7, 11) is 1.88. The summed E-state index contributed by atoms with van der Waals surface area (Å²) in [4.78, 5) is 16.0.